The van der Waals surface area contributed by atoms with Gasteiger partial charge in [-0.3, -0.25) is 0 Å². The molecule has 20 heavy (non-hydrogen) atoms. The number of nitrogens with zero attached hydrogens (tertiary/aromatic N) is 1. The van der Waals surface area contributed by atoms with E-state index in [0.29, 0.717) is 0 Å². The second kappa shape index (κ2) is 6.17. The van der Waals surface area contributed by atoms with Gasteiger partial charge in [0.15, 0.2) is 0 Å². The van der Waals surface area contributed by atoms with Crippen molar-refractivity contribution in [2.45, 2.75) is 22.8 Å². The third-order valence-corrected chi connectivity index (χ3v) is 5.14. The van der Waals surface area contributed by atoms with Gasteiger partial charge in [0, 0.05) is 12.6 Å². The van der Waals surface area contributed by atoms with Gasteiger partial charge in [-0.15, -0.1) is 3.89 Å². The molecule has 0 radical (unpaired) electrons. The average Bonchev–Trinajstić information content (AvgIpc) is 2.35. The van der Waals surface area contributed by atoms with Crippen LogP contribution >= 0.6 is 0 Å². The first-order chi connectivity index (χ1) is 9.04. The third-order valence-electron chi connectivity index (χ3n) is 2.87. The number of halogens is 1. The van der Waals surface area contributed by atoms with Gasteiger partial charge >= 0.3 is 10.2 Å². The minimum Gasteiger partial charge on any atom is -0.305 e. The fourth-order valence-electron chi connectivity index (χ4n) is 1.28. The molecule has 0 fully saturated rings. The number of benzene rings is 1. The van der Waals surface area contributed by atoms with E-state index in [-0.39, 0.29) is 17.5 Å². The summed E-state index contributed by atoms with van der Waals surface area (Å²) >= 11 is 0. The van der Waals surface area contributed by atoms with Crippen LogP contribution in [0.4, 0.5) is 3.89 Å². The minimum absolute atomic E-state index is 0.00438. The number of likely N-dealkylation sites (N-methyl/N-ethyl adjacent to an activating group) is 1. The molecule has 0 aromatic heterocycles. The zero-order valence-electron chi connectivity index (χ0n) is 11.4. The van der Waals surface area contributed by atoms with Crippen molar-refractivity contribution < 1.29 is 20.7 Å². The number of hydrogen-bond donors (Lipinski definition) is 1. The molecule has 0 saturated heterocycles. The van der Waals surface area contributed by atoms with Gasteiger partial charge in [0.05, 0.1) is 9.79 Å². The van der Waals surface area contributed by atoms with Gasteiger partial charge < -0.3 is 4.90 Å². The first-order valence-corrected chi connectivity index (χ1v) is 8.61. The largest absolute Gasteiger partial charge is 0.332 e. The zero-order valence-corrected chi connectivity index (χ0v) is 13.0. The van der Waals surface area contributed by atoms with E-state index in [4.69, 9.17) is 0 Å². The van der Waals surface area contributed by atoms with Crippen LogP contribution < -0.4 is 4.72 Å². The predicted octanol–water partition coefficient (Wildman–Crippen LogP) is 0.573. The Morgan fingerprint density at radius 1 is 1.10 bits per heavy atom. The van der Waals surface area contributed by atoms with Crippen LogP contribution in [-0.4, -0.2) is 48.4 Å². The van der Waals surface area contributed by atoms with Gasteiger partial charge in [-0.1, -0.05) is 0 Å². The Morgan fingerprint density at radius 2 is 1.55 bits per heavy atom. The Balaban J connectivity index is 2.89. The van der Waals surface area contributed by atoms with Crippen molar-refractivity contribution in [2.75, 3.05) is 20.6 Å². The molecule has 0 aliphatic heterocycles. The highest BCUT2D eigenvalue weighted by molar-refractivity contribution is 7.89. The summed E-state index contributed by atoms with van der Waals surface area (Å²) in [6.45, 7) is 2.06. The van der Waals surface area contributed by atoms with Gasteiger partial charge in [0.2, 0.25) is 10.0 Å². The monoisotopic (exact) mass is 324 g/mol. The van der Waals surface area contributed by atoms with Gasteiger partial charge in [-0.2, -0.15) is 8.42 Å². The molecule has 0 saturated carbocycles. The molecule has 0 heterocycles. The van der Waals surface area contributed by atoms with Crippen molar-refractivity contribution >= 4 is 20.2 Å². The van der Waals surface area contributed by atoms with E-state index in [1.54, 1.807) is 0 Å². The Kier molecular flexibility index (Phi) is 5.25. The molecule has 0 amide bonds. The molecule has 0 spiro atoms. The van der Waals surface area contributed by atoms with Crippen LogP contribution in [0.25, 0.3) is 0 Å². The van der Waals surface area contributed by atoms with E-state index in [1.807, 2.05) is 25.9 Å². The van der Waals surface area contributed by atoms with Crippen molar-refractivity contribution in [1.29, 1.82) is 0 Å². The molecule has 1 aromatic carbocycles. The first-order valence-electron chi connectivity index (χ1n) is 5.75. The number of nitrogens with one attached hydrogen (secondary N) is 1. The summed E-state index contributed by atoms with van der Waals surface area (Å²) in [5, 5.41) is 0. The topological polar surface area (TPSA) is 83.5 Å². The number of hydrogen-bond acceptors (Lipinski definition) is 5. The summed E-state index contributed by atoms with van der Waals surface area (Å²) in [4.78, 5) is 1.16. The quantitative estimate of drug-likeness (QED) is 0.774. The summed E-state index contributed by atoms with van der Waals surface area (Å²) in [5.41, 5.74) is 0. The van der Waals surface area contributed by atoms with Gasteiger partial charge in [-0.25, -0.2) is 13.1 Å². The summed E-state index contributed by atoms with van der Waals surface area (Å²) in [6.07, 6.45) is 0. The molecule has 0 bridgehead atoms. The van der Waals surface area contributed by atoms with Crippen molar-refractivity contribution in [3.63, 3.8) is 0 Å². The fourth-order valence-corrected chi connectivity index (χ4v) is 2.86. The van der Waals surface area contributed by atoms with Crippen LogP contribution in [0.1, 0.15) is 6.92 Å². The Hall–Kier alpha value is -1.03. The Morgan fingerprint density at radius 3 is 1.95 bits per heavy atom. The van der Waals surface area contributed by atoms with Crippen molar-refractivity contribution in [1.82, 2.24) is 9.62 Å². The maximum Gasteiger partial charge on any atom is 0.332 e. The lowest BCUT2D eigenvalue weighted by Gasteiger charge is -2.19. The second-order valence-electron chi connectivity index (χ2n) is 4.57. The highest BCUT2D eigenvalue weighted by atomic mass is 32.3. The highest BCUT2D eigenvalue weighted by Gasteiger charge is 2.18. The molecular formula is C11H17FN2O4S2. The van der Waals surface area contributed by atoms with E-state index in [0.717, 1.165) is 24.3 Å². The van der Waals surface area contributed by atoms with Crippen molar-refractivity contribution in [3.8, 4) is 0 Å². The zero-order chi connectivity index (χ0) is 15.6. The van der Waals surface area contributed by atoms with Crippen LogP contribution in [0.15, 0.2) is 34.1 Å². The second-order valence-corrected chi connectivity index (χ2v) is 7.69. The minimum atomic E-state index is -4.82. The van der Waals surface area contributed by atoms with Crippen LogP contribution in [0.5, 0.6) is 0 Å². The summed E-state index contributed by atoms with van der Waals surface area (Å²) in [7, 11) is -4.93. The number of sulfonamides is 1. The van der Waals surface area contributed by atoms with Crippen LogP contribution in [0.3, 0.4) is 0 Å². The predicted molar refractivity (Wildman–Crippen MR) is 73.1 cm³/mol. The highest BCUT2D eigenvalue weighted by Crippen LogP contribution is 2.16. The normalized spacial score (nSPS) is 14.4. The van der Waals surface area contributed by atoms with E-state index in [9.17, 15) is 20.7 Å². The molecule has 1 atom stereocenters. The maximum atomic E-state index is 12.7. The maximum absolute atomic E-state index is 12.7. The summed E-state index contributed by atoms with van der Waals surface area (Å²) in [5.74, 6) is 0. The average molecular weight is 324 g/mol. The SMILES string of the molecule is CC(CNS(=O)(=O)c1ccc(S(=O)(=O)F)cc1)N(C)C. The lowest BCUT2D eigenvalue weighted by Crippen LogP contribution is -2.38. The van der Waals surface area contributed by atoms with E-state index in [1.165, 1.54) is 0 Å². The summed E-state index contributed by atoms with van der Waals surface area (Å²) < 4.78 is 60.3. The number of rotatable bonds is 6. The van der Waals surface area contributed by atoms with Crippen LogP contribution in [0.2, 0.25) is 0 Å². The van der Waals surface area contributed by atoms with Gasteiger partial charge in [0.25, 0.3) is 0 Å². The van der Waals surface area contributed by atoms with Crippen molar-refractivity contribution in [2.24, 2.45) is 0 Å². The van der Waals surface area contributed by atoms with Crippen LogP contribution in [0, 0.1) is 0 Å². The molecule has 1 rings (SSSR count). The Labute approximate surface area is 118 Å². The smallest absolute Gasteiger partial charge is 0.305 e. The summed E-state index contributed by atoms with van der Waals surface area (Å²) in [6, 6.07) is 3.93. The van der Waals surface area contributed by atoms with E-state index in [2.05, 4.69) is 4.72 Å². The molecule has 1 N–H and O–H groups in total. The molecule has 0 aliphatic carbocycles. The van der Waals surface area contributed by atoms with Crippen LogP contribution in [-0.2, 0) is 20.2 Å². The van der Waals surface area contributed by atoms with E-state index < -0.39 is 25.1 Å². The van der Waals surface area contributed by atoms with Gasteiger partial charge in [0.1, 0.15) is 0 Å². The lowest BCUT2D eigenvalue weighted by molar-refractivity contribution is 0.314. The molecule has 0 aliphatic rings. The van der Waals surface area contributed by atoms with Gasteiger partial charge in [-0.05, 0) is 45.3 Å². The molecule has 1 unspecified atom stereocenters. The lowest BCUT2D eigenvalue weighted by atomic mass is 10.3. The molecule has 6 nitrogen and oxygen atoms in total. The van der Waals surface area contributed by atoms with E-state index >= 15 is 0 Å². The Bertz CT molecular complexity index is 654. The van der Waals surface area contributed by atoms with Crippen molar-refractivity contribution in [3.05, 3.63) is 24.3 Å². The molecule has 9 heteroatoms. The molecule has 1 aromatic rings. The first kappa shape index (κ1) is 17.0. The standard InChI is InChI=1S/C11H17FN2O4S2/c1-9(14(2)3)8-13-20(17,18)11-6-4-10(5-7-11)19(12,15)16/h4-7,9,13H,8H2,1-3H3. The fraction of sp³-hybridized carbons (Fsp3) is 0.455. The molecule has 114 valence electrons. The molecular weight excluding hydrogens is 307 g/mol. The third kappa shape index (κ3) is 4.51.